The molecule has 1 amide bonds. The minimum Gasteiger partial charge on any atom is -0.467 e. The third-order valence-electron chi connectivity index (χ3n) is 4.37. The second-order valence-corrected chi connectivity index (χ2v) is 5.94. The molecule has 0 spiro atoms. The zero-order valence-electron chi connectivity index (χ0n) is 14.1. The number of benzene rings is 1. The SMILES string of the molecule is COc1ncc(CN2CCN(C(C)=O)CC2c2ccccc2)cn1. The van der Waals surface area contributed by atoms with Crippen LogP contribution in [0.2, 0.25) is 0 Å². The van der Waals surface area contributed by atoms with Gasteiger partial charge in [0.25, 0.3) is 0 Å². The van der Waals surface area contributed by atoms with Gasteiger partial charge in [0, 0.05) is 51.1 Å². The fraction of sp³-hybridized carbons (Fsp3) is 0.389. The van der Waals surface area contributed by atoms with Crippen molar-refractivity contribution in [2.24, 2.45) is 0 Å². The van der Waals surface area contributed by atoms with Gasteiger partial charge in [-0.15, -0.1) is 0 Å². The Balaban J connectivity index is 1.79. The van der Waals surface area contributed by atoms with Crippen molar-refractivity contribution in [3.8, 4) is 6.01 Å². The first-order valence-corrected chi connectivity index (χ1v) is 8.07. The van der Waals surface area contributed by atoms with E-state index in [0.717, 1.165) is 25.2 Å². The van der Waals surface area contributed by atoms with Crippen molar-refractivity contribution in [1.29, 1.82) is 0 Å². The number of amides is 1. The number of aromatic nitrogens is 2. The number of piperazine rings is 1. The van der Waals surface area contributed by atoms with Gasteiger partial charge in [-0.25, -0.2) is 9.97 Å². The van der Waals surface area contributed by atoms with Gasteiger partial charge in [-0.1, -0.05) is 30.3 Å². The average Bonchev–Trinajstić information content (AvgIpc) is 2.63. The van der Waals surface area contributed by atoms with Crippen LogP contribution in [0.4, 0.5) is 0 Å². The largest absolute Gasteiger partial charge is 0.467 e. The molecule has 6 nitrogen and oxygen atoms in total. The maximum absolute atomic E-state index is 11.8. The van der Waals surface area contributed by atoms with Gasteiger partial charge >= 0.3 is 6.01 Å². The van der Waals surface area contributed by atoms with E-state index in [1.165, 1.54) is 5.56 Å². The van der Waals surface area contributed by atoms with E-state index in [-0.39, 0.29) is 11.9 Å². The van der Waals surface area contributed by atoms with E-state index in [4.69, 9.17) is 4.74 Å². The fourth-order valence-electron chi connectivity index (χ4n) is 3.05. The molecule has 0 aliphatic carbocycles. The van der Waals surface area contributed by atoms with Crippen molar-refractivity contribution >= 4 is 5.91 Å². The summed E-state index contributed by atoms with van der Waals surface area (Å²) < 4.78 is 5.01. The molecule has 1 aromatic carbocycles. The van der Waals surface area contributed by atoms with Gasteiger partial charge in [0.15, 0.2) is 0 Å². The maximum atomic E-state index is 11.8. The molecule has 1 fully saturated rings. The summed E-state index contributed by atoms with van der Waals surface area (Å²) in [6.45, 7) is 4.65. The minimum atomic E-state index is 0.128. The topological polar surface area (TPSA) is 58.6 Å². The van der Waals surface area contributed by atoms with Gasteiger partial charge in [-0.2, -0.15) is 0 Å². The van der Waals surface area contributed by atoms with E-state index in [1.54, 1.807) is 26.4 Å². The zero-order chi connectivity index (χ0) is 16.9. The number of carbonyl (C=O) groups excluding carboxylic acids is 1. The second kappa shape index (κ2) is 7.40. The van der Waals surface area contributed by atoms with Crippen LogP contribution in [-0.2, 0) is 11.3 Å². The third kappa shape index (κ3) is 3.71. The van der Waals surface area contributed by atoms with Crippen molar-refractivity contribution in [2.45, 2.75) is 19.5 Å². The second-order valence-electron chi connectivity index (χ2n) is 5.94. The molecule has 0 bridgehead atoms. The molecular weight excluding hydrogens is 304 g/mol. The minimum absolute atomic E-state index is 0.128. The Morgan fingerprint density at radius 3 is 2.54 bits per heavy atom. The fourth-order valence-corrected chi connectivity index (χ4v) is 3.05. The van der Waals surface area contributed by atoms with E-state index in [0.29, 0.717) is 12.6 Å². The summed E-state index contributed by atoms with van der Waals surface area (Å²) >= 11 is 0. The highest BCUT2D eigenvalue weighted by Gasteiger charge is 2.29. The van der Waals surface area contributed by atoms with Crippen molar-refractivity contribution < 1.29 is 9.53 Å². The Kier molecular flexibility index (Phi) is 5.05. The van der Waals surface area contributed by atoms with E-state index in [2.05, 4.69) is 27.0 Å². The first-order valence-electron chi connectivity index (χ1n) is 8.07. The summed E-state index contributed by atoms with van der Waals surface area (Å²) in [5.74, 6) is 0.128. The Morgan fingerprint density at radius 1 is 1.21 bits per heavy atom. The van der Waals surface area contributed by atoms with Gasteiger partial charge in [0.1, 0.15) is 0 Å². The Hall–Kier alpha value is -2.47. The summed E-state index contributed by atoms with van der Waals surface area (Å²) in [5.41, 5.74) is 2.26. The summed E-state index contributed by atoms with van der Waals surface area (Å²) in [6, 6.07) is 10.9. The molecular formula is C18H22N4O2. The van der Waals surface area contributed by atoms with Gasteiger partial charge < -0.3 is 9.64 Å². The number of rotatable bonds is 4. The van der Waals surface area contributed by atoms with Crippen LogP contribution in [-0.4, -0.2) is 52.4 Å². The van der Waals surface area contributed by atoms with Crippen LogP contribution in [0, 0.1) is 0 Å². The van der Waals surface area contributed by atoms with E-state index >= 15 is 0 Å². The molecule has 1 saturated heterocycles. The molecule has 1 atom stereocenters. The van der Waals surface area contributed by atoms with Gasteiger partial charge in [-0.3, -0.25) is 9.69 Å². The van der Waals surface area contributed by atoms with Crippen LogP contribution >= 0.6 is 0 Å². The zero-order valence-corrected chi connectivity index (χ0v) is 14.1. The average molecular weight is 326 g/mol. The highest BCUT2D eigenvalue weighted by atomic mass is 16.5. The van der Waals surface area contributed by atoms with Crippen molar-refractivity contribution in [3.05, 3.63) is 53.9 Å². The van der Waals surface area contributed by atoms with Crippen LogP contribution in [0.25, 0.3) is 0 Å². The van der Waals surface area contributed by atoms with Gasteiger partial charge in [0.2, 0.25) is 5.91 Å². The van der Waals surface area contributed by atoms with Crippen LogP contribution in [0.5, 0.6) is 6.01 Å². The normalized spacial score (nSPS) is 18.4. The molecule has 6 heteroatoms. The van der Waals surface area contributed by atoms with E-state index in [1.807, 2.05) is 23.1 Å². The highest BCUT2D eigenvalue weighted by Crippen LogP contribution is 2.27. The predicted molar refractivity (Wildman–Crippen MR) is 90.4 cm³/mol. The molecule has 1 aromatic heterocycles. The quantitative estimate of drug-likeness (QED) is 0.859. The molecule has 1 aliphatic heterocycles. The van der Waals surface area contributed by atoms with E-state index in [9.17, 15) is 4.79 Å². The Morgan fingerprint density at radius 2 is 1.92 bits per heavy atom. The molecule has 2 heterocycles. The van der Waals surface area contributed by atoms with Crippen LogP contribution in [0.15, 0.2) is 42.7 Å². The molecule has 3 rings (SSSR count). The first kappa shape index (κ1) is 16.4. The van der Waals surface area contributed by atoms with Crippen molar-refractivity contribution in [1.82, 2.24) is 19.8 Å². The molecule has 2 aromatic rings. The molecule has 1 unspecified atom stereocenters. The summed E-state index contributed by atoms with van der Waals surface area (Å²) in [4.78, 5) is 24.4. The molecule has 0 N–H and O–H groups in total. The van der Waals surface area contributed by atoms with Crippen molar-refractivity contribution in [2.75, 3.05) is 26.7 Å². The summed E-state index contributed by atoms with van der Waals surface area (Å²) in [5, 5.41) is 0. The molecule has 24 heavy (non-hydrogen) atoms. The smallest absolute Gasteiger partial charge is 0.316 e. The van der Waals surface area contributed by atoms with Crippen molar-refractivity contribution in [3.63, 3.8) is 0 Å². The number of hydrogen-bond donors (Lipinski definition) is 0. The first-order chi connectivity index (χ1) is 11.7. The van der Waals surface area contributed by atoms with Crippen LogP contribution < -0.4 is 4.74 Å². The lowest BCUT2D eigenvalue weighted by molar-refractivity contribution is -0.132. The molecule has 0 saturated carbocycles. The maximum Gasteiger partial charge on any atom is 0.316 e. The Bertz CT molecular complexity index is 675. The lowest BCUT2D eigenvalue weighted by Crippen LogP contribution is -2.49. The number of ether oxygens (including phenoxy) is 1. The number of carbonyl (C=O) groups is 1. The van der Waals surface area contributed by atoms with Gasteiger partial charge in [0.05, 0.1) is 13.2 Å². The van der Waals surface area contributed by atoms with Crippen LogP contribution in [0.1, 0.15) is 24.1 Å². The standard InChI is InChI=1S/C18H22N4O2/c1-14(23)21-8-9-22(12-15-10-19-18(24-2)20-11-15)17(13-21)16-6-4-3-5-7-16/h3-7,10-11,17H,8-9,12-13H2,1-2H3. The number of hydrogen-bond acceptors (Lipinski definition) is 5. The monoisotopic (exact) mass is 326 g/mol. The third-order valence-corrected chi connectivity index (χ3v) is 4.37. The predicted octanol–water partition coefficient (Wildman–Crippen LogP) is 1.89. The summed E-state index contributed by atoms with van der Waals surface area (Å²) in [6.07, 6.45) is 3.59. The number of methoxy groups -OCH3 is 1. The Labute approximate surface area is 142 Å². The summed E-state index contributed by atoms with van der Waals surface area (Å²) in [7, 11) is 1.56. The number of nitrogens with zero attached hydrogens (tertiary/aromatic N) is 4. The highest BCUT2D eigenvalue weighted by molar-refractivity contribution is 5.73. The molecule has 126 valence electrons. The van der Waals surface area contributed by atoms with Gasteiger partial charge in [-0.05, 0) is 5.56 Å². The van der Waals surface area contributed by atoms with E-state index < -0.39 is 0 Å². The lowest BCUT2D eigenvalue weighted by Gasteiger charge is -2.41. The molecule has 1 aliphatic rings. The van der Waals surface area contributed by atoms with Crippen LogP contribution in [0.3, 0.4) is 0 Å². The molecule has 0 radical (unpaired) electrons. The lowest BCUT2D eigenvalue weighted by atomic mass is 10.0.